The molecule has 1 aromatic rings. The number of carbonyl (C=O) groups is 2. The van der Waals surface area contributed by atoms with Crippen LogP contribution in [0.15, 0.2) is 28.7 Å². The van der Waals surface area contributed by atoms with Crippen LogP contribution >= 0.6 is 15.9 Å². The first-order valence-electron chi connectivity index (χ1n) is 9.97. The van der Waals surface area contributed by atoms with Crippen molar-refractivity contribution in [2.75, 3.05) is 13.1 Å². The molecule has 0 bridgehead atoms. The molecule has 2 aliphatic heterocycles. The van der Waals surface area contributed by atoms with Gasteiger partial charge in [0, 0.05) is 42.0 Å². The molecule has 2 saturated carbocycles. The first-order valence-corrected chi connectivity index (χ1v) is 10.8. The van der Waals surface area contributed by atoms with Gasteiger partial charge in [-0.05, 0) is 61.6 Å². The summed E-state index contributed by atoms with van der Waals surface area (Å²) >= 11 is 3.47. The molecular formula is C21H25BrN2O2. The highest BCUT2D eigenvalue weighted by Gasteiger charge is 2.49. The third kappa shape index (κ3) is 2.98. The van der Waals surface area contributed by atoms with Gasteiger partial charge in [0.15, 0.2) is 0 Å². The number of piperidine rings is 2. The number of hydrogen-bond donors (Lipinski definition) is 0. The molecule has 2 saturated heterocycles. The minimum Gasteiger partial charge on any atom is -0.342 e. The number of amides is 2. The molecule has 1 aromatic carbocycles. The summed E-state index contributed by atoms with van der Waals surface area (Å²) in [4.78, 5) is 29.6. The maximum Gasteiger partial charge on any atom is 0.226 e. The summed E-state index contributed by atoms with van der Waals surface area (Å²) in [7, 11) is 0. The van der Waals surface area contributed by atoms with Gasteiger partial charge >= 0.3 is 0 Å². The van der Waals surface area contributed by atoms with Gasteiger partial charge in [0.2, 0.25) is 11.8 Å². The molecule has 0 spiro atoms. The fraction of sp³-hybridized carbons (Fsp3) is 0.619. The van der Waals surface area contributed by atoms with Crippen molar-refractivity contribution in [2.24, 2.45) is 11.8 Å². The van der Waals surface area contributed by atoms with Gasteiger partial charge in [0.1, 0.15) is 0 Å². The number of likely N-dealkylation sites (tertiary alicyclic amines) is 2. The zero-order chi connectivity index (χ0) is 17.8. The van der Waals surface area contributed by atoms with Crippen LogP contribution in [-0.2, 0) is 9.59 Å². The summed E-state index contributed by atoms with van der Waals surface area (Å²) in [6, 6.07) is 9.28. The minimum absolute atomic E-state index is 0.164. The lowest BCUT2D eigenvalue weighted by Crippen LogP contribution is -2.57. The summed E-state index contributed by atoms with van der Waals surface area (Å²) in [5.74, 6) is 1.73. The average Bonchev–Trinajstić information content (AvgIpc) is 3.54. The zero-order valence-corrected chi connectivity index (χ0v) is 16.5. The number of benzene rings is 1. The Kier molecular flexibility index (Phi) is 4.11. The second-order valence-corrected chi connectivity index (χ2v) is 9.39. The van der Waals surface area contributed by atoms with E-state index in [0.29, 0.717) is 42.2 Å². The molecule has 138 valence electrons. The Labute approximate surface area is 163 Å². The van der Waals surface area contributed by atoms with Crippen molar-refractivity contribution in [3.8, 4) is 0 Å². The summed E-state index contributed by atoms with van der Waals surface area (Å²) in [5.41, 5.74) is 1.28. The molecule has 5 heteroatoms. The predicted octanol–water partition coefficient (Wildman–Crippen LogP) is 3.55. The van der Waals surface area contributed by atoms with E-state index in [1.165, 1.54) is 18.4 Å². The fourth-order valence-electron chi connectivity index (χ4n) is 5.10. The third-order valence-electron chi connectivity index (χ3n) is 6.73. The zero-order valence-electron chi connectivity index (χ0n) is 14.9. The number of fused-ring (bicyclic) bond motifs is 1. The Balaban J connectivity index is 1.23. The van der Waals surface area contributed by atoms with Crippen molar-refractivity contribution in [2.45, 2.75) is 56.5 Å². The number of halogens is 1. The topological polar surface area (TPSA) is 40.6 Å². The van der Waals surface area contributed by atoms with Gasteiger partial charge in [-0.25, -0.2) is 0 Å². The lowest BCUT2D eigenvalue weighted by atomic mass is 9.83. The van der Waals surface area contributed by atoms with Crippen LogP contribution in [0.25, 0.3) is 0 Å². The Morgan fingerprint density at radius 1 is 1.08 bits per heavy atom. The molecule has 2 amide bonds. The Morgan fingerprint density at radius 3 is 2.58 bits per heavy atom. The van der Waals surface area contributed by atoms with Gasteiger partial charge in [-0.1, -0.05) is 28.1 Å². The van der Waals surface area contributed by atoms with E-state index in [1.807, 2.05) is 0 Å². The lowest BCUT2D eigenvalue weighted by Gasteiger charge is -2.47. The van der Waals surface area contributed by atoms with Crippen LogP contribution in [-0.4, -0.2) is 46.8 Å². The maximum absolute atomic E-state index is 13.0. The van der Waals surface area contributed by atoms with Gasteiger partial charge in [0.05, 0.1) is 0 Å². The van der Waals surface area contributed by atoms with Crippen molar-refractivity contribution in [1.82, 2.24) is 9.80 Å². The fourth-order valence-corrected chi connectivity index (χ4v) is 5.37. The van der Waals surface area contributed by atoms with Gasteiger partial charge in [-0.3, -0.25) is 9.59 Å². The molecule has 0 radical (unpaired) electrons. The van der Waals surface area contributed by atoms with Crippen molar-refractivity contribution >= 4 is 27.7 Å². The molecule has 0 N–H and O–H groups in total. The highest BCUT2D eigenvalue weighted by molar-refractivity contribution is 9.10. The summed E-state index contributed by atoms with van der Waals surface area (Å²) in [6.45, 7) is 1.67. The molecule has 0 unspecified atom stereocenters. The van der Waals surface area contributed by atoms with E-state index in [0.717, 1.165) is 36.8 Å². The first-order chi connectivity index (χ1) is 12.6. The Hall–Kier alpha value is -1.36. The lowest BCUT2D eigenvalue weighted by molar-refractivity contribution is -0.145. The van der Waals surface area contributed by atoms with Crippen LogP contribution in [0.2, 0.25) is 0 Å². The van der Waals surface area contributed by atoms with Crippen molar-refractivity contribution in [1.29, 1.82) is 0 Å². The van der Waals surface area contributed by atoms with E-state index in [9.17, 15) is 9.59 Å². The quantitative estimate of drug-likeness (QED) is 0.755. The predicted molar refractivity (Wildman–Crippen MR) is 103 cm³/mol. The van der Waals surface area contributed by atoms with E-state index in [2.05, 4.69) is 50.0 Å². The Morgan fingerprint density at radius 2 is 1.85 bits per heavy atom. The maximum atomic E-state index is 13.0. The monoisotopic (exact) mass is 416 g/mol. The van der Waals surface area contributed by atoms with E-state index in [1.54, 1.807) is 0 Å². The molecular weight excluding hydrogens is 392 g/mol. The standard InChI is InChI=1S/C21H25BrN2O2/c22-15-4-1-13(2-5-15)17-11-18(17)21(26)23-10-9-19-14(12-23)3-8-20(25)24(19)16-6-7-16/h1-2,4-5,14,16-19H,3,6-12H2/t14-,17+,18+,19-/m0/s1. The summed E-state index contributed by atoms with van der Waals surface area (Å²) < 4.78 is 1.08. The van der Waals surface area contributed by atoms with Crippen LogP contribution in [0.3, 0.4) is 0 Å². The minimum atomic E-state index is 0.164. The van der Waals surface area contributed by atoms with Crippen molar-refractivity contribution in [3.05, 3.63) is 34.3 Å². The van der Waals surface area contributed by atoms with Crippen LogP contribution in [0.1, 0.15) is 50.0 Å². The van der Waals surface area contributed by atoms with Gasteiger partial charge in [-0.15, -0.1) is 0 Å². The average molecular weight is 417 g/mol. The summed E-state index contributed by atoms with van der Waals surface area (Å²) in [5, 5.41) is 0. The van der Waals surface area contributed by atoms with Crippen LogP contribution in [0.5, 0.6) is 0 Å². The number of rotatable bonds is 3. The van der Waals surface area contributed by atoms with Crippen LogP contribution < -0.4 is 0 Å². The van der Waals surface area contributed by atoms with Gasteiger partial charge < -0.3 is 9.80 Å². The molecule has 4 nitrogen and oxygen atoms in total. The molecule has 0 aromatic heterocycles. The van der Waals surface area contributed by atoms with Crippen molar-refractivity contribution in [3.63, 3.8) is 0 Å². The first kappa shape index (κ1) is 16.8. The second kappa shape index (κ2) is 6.36. The highest BCUT2D eigenvalue weighted by Crippen LogP contribution is 2.49. The molecule has 5 rings (SSSR count). The van der Waals surface area contributed by atoms with E-state index >= 15 is 0 Å². The molecule has 4 atom stereocenters. The third-order valence-corrected chi connectivity index (χ3v) is 7.25. The van der Waals surface area contributed by atoms with Crippen molar-refractivity contribution < 1.29 is 9.59 Å². The molecule has 2 heterocycles. The van der Waals surface area contributed by atoms with E-state index < -0.39 is 0 Å². The smallest absolute Gasteiger partial charge is 0.226 e. The van der Waals surface area contributed by atoms with Crippen LogP contribution in [0.4, 0.5) is 0 Å². The molecule has 4 fully saturated rings. The van der Waals surface area contributed by atoms with E-state index in [4.69, 9.17) is 0 Å². The second-order valence-electron chi connectivity index (χ2n) is 8.47. The van der Waals surface area contributed by atoms with E-state index in [-0.39, 0.29) is 5.92 Å². The normalized spacial score (nSPS) is 33.8. The molecule has 4 aliphatic rings. The molecule has 2 aliphatic carbocycles. The Bertz CT molecular complexity index is 730. The largest absolute Gasteiger partial charge is 0.342 e. The van der Waals surface area contributed by atoms with Gasteiger partial charge in [-0.2, -0.15) is 0 Å². The van der Waals surface area contributed by atoms with Gasteiger partial charge in [0.25, 0.3) is 0 Å². The molecule has 26 heavy (non-hydrogen) atoms. The number of hydrogen-bond acceptors (Lipinski definition) is 2. The number of carbonyl (C=O) groups excluding carboxylic acids is 2. The SMILES string of the molecule is O=C([C@@H]1C[C@@H]1c1ccc(Br)cc1)N1CC[C@H]2[C@@H](CCC(=O)N2C2CC2)C1. The summed E-state index contributed by atoms with van der Waals surface area (Å²) in [6.07, 6.45) is 5.93. The van der Waals surface area contributed by atoms with Crippen LogP contribution in [0, 0.1) is 11.8 Å². The highest BCUT2D eigenvalue weighted by atomic mass is 79.9. The number of nitrogens with zero attached hydrogens (tertiary/aromatic N) is 2.